The molecule has 0 aliphatic carbocycles. The smallest absolute Gasteiger partial charge is 0.327 e. The van der Waals surface area contributed by atoms with Crippen molar-refractivity contribution in [2.45, 2.75) is 13.0 Å². The van der Waals surface area contributed by atoms with Crippen molar-refractivity contribution >= 4 is 17.6 Å². The molecule has 1 atom stereocenters. The van der Waals surface area contributed by atoms with Crippen molar-refractivity contribution < 1.29 is 19.1 Å². The average Bonchev–Trinajstić information content (AvgIpc) is 3.00. The summed E-state index contributed by atoms with van der Waals surface area (Å²) in [7, 11) is 1.31. The van der Waals surface area contributed by atoms with Crippen LogP contribution in [0.1, 0.15) is 6.42 Å². The lowest BCUT2D eigenvalue weighted by Crippen LogP contribution is -2.22. The van der Waals surface area contributed by atoms with Crippen molar-refractivity contribution in [1.82, 2.24) is 9.78 Å². The van der Waals surface area contributed by atoms with Crippen LogP contribution in [0.4, 0.5) is 5.69 Å². The zero-order chi connectivity index (χ0) is 13.0. The molecule has 7 nitrogen and oxygen atoms in total. The number of aromatic nitrogens is 2. The number of methoxy groups -OCH3 is 1. The minimum absolute atomic E-state index is 0.0267. The van der Waals surface area contributed by atoms with Gasteiger partial charge in [0.05, 0.1) is 31.5 Å². The van der Waals surface area contributed by atoms with Gasteiger partial charge in [-0.3, -0.25) is 14.3 Å². The fraction of sp³-hybridized carbons (Fsp3) is 0.545. The molecule has 1 fully saturated rings. The Morgan fingerprint density at radius 2 is 2.50 bits per heavy atom. The molecular formula is C11H15N3O4. The summed E-state index contributed by atoms with van der Waals surface area (Å²) in [6, 6.07) is 0. The monoisotopic (exact) mass is 253 g/mol. The maximum Gasteiger partial charge on any atom is 0.327 e. The van der Waals surface area contributed by atoms with Crippen LogP contribution in [0.2, 0.25) is 0 Å². The molecule has 0 radical (unpaired) electrons. The van der Waals surface area contributed by atoms with Crippen molar-refractivity contribution in [3.8, 4) is 0 Å². The number of anilines is 1. The molecule has 1 aliphatic rings. The molecular weight excluding hydrogens is 238 g/mol. The van der Waals surface area contributed by atoms with E-state index in [-0.39, 0.29) is 24.3 Å². The predicted molar refractivity (Wildman–Crippen MR) is 61.8 cm³/mol. The summed E-state index contributed by atoms with van der Waals surface area (Å²) in [5.41, 5.74) is 0.566. The summed E-state index contributed by atoms with van der Waals surface area (Å²) in [5, 5.41) is 6.69. The van der Waals surface area contributed by atoms with E-state index < -0.39 is 0 Å². The highest BCUT2D eigenvalue weighted by molar-refractivity contribution is 5.92. The Bertz CT molecular complexity index is 437. The first-order valence-electron chi connectivity index (χ1n) is 5.67. The Hall–Kier alpha value is -1.89. The van der Waals surface area contributed by atoms with E-state index in [1.807, 2.05) is 0 Å². The maximum absolute atomic E-state index is 11.8. The van der Waals surface area contributed by atoms with Crippen LogP contribution >= 0.6 is 0 Å². The molecule has 2 heterocycles. The Balaban J connectivity index is 1.89. The van der Waals surface area contributed by atoms with Gasteiger partial charge in [-0.1, -0.05) is 0 Å². The third-order valence-corrected chi connectivity index (χ3v) is 2.72. The largest absolute Gasteiger partial charge is 0.468 e. The average molecular weight is 253 g/mol. The van der Waals surface area contributed by atoms with Crippen molar-refractivity contribution in [2.24, 2.45) is 5.92 Å². The molecule has 1 aromatic rings. The van der Waals surface area contributed by atoms with Crippen LogP contribution in [-0.4, -0.2) is 42.0 Å². The van der Waals surface area contributed by atoms with E-state index in [2.05, 4.69) is 15.2 Å². The third kappa shape index (κ3) is 3.07. The van der Waals surface area contributed by atoms with Crippen LogP contribution < -0.4 is 5.32 Å². The first kappa shape index (κ1) is 12.6. The van der Waals surface area contributed by atoms with Crippen molar-refractivity contribution in [3.05, 3.63) is 12.4 Å². The minimum atomic E-state index is -0.389. The van der Waals surface area contributed by atoms with Crippen LogP contribution in [0.15, 0.2) is 12.4 Å². The highest BCUT2D eigenvalue weighted by Gasteiger charge is 2.23. The predicted octanol–water partition coefficient (Wildman–Crippen LogP) is 0.0311. The number of carbonyl (C=O) groups is 2. The van der Waals surface area contributed by atoms with Gasteiger partial charge in [-0.25, -0.2) is 0 Å². The Morgan fingerprint density at radius 1 is 1.67 bits per heavy atom. The lowest BCUT2D eigenvalue weighted by atomic mass is 10.1. The molecule has 98 valence electrons. The Labute approximate surface area is 104 Å². The summed E-state index contributed by atoms with van der Waals surface area (Å²) < 4.78 is 11.1. The minimum Gasteiger partial charge on any atom is -0.468 e. The first-order chi connectivity index (χ1) is 8.69. The molecule has 0 spiro atoms. The van der Waals surface area contributed by atoms with Gasteiger partial charge in [0.2, 0.25) is 5.91 Å². The van der Waals surface area contributed by atoms with E-state index in [4.69, 9.17) is 4.74 Å². The molecule has 0 aromatic carbocycles. The molecule has 1 aromatic heterocycles. The number of carbonyl (C=O) groups excluding carboxylic acids is 2. The number of hydrogen-bond donors (Lipinski definition) is 1. The van der Waals surface area contributed by atoms with Gasteiger partial charge in [0, 0.05) is 12.8 Å². The highest BCUT2D eigenvalue weighted by atomic mass is 16.5. The fourth-order valence-electron chi connectivity index (χ4n) is 1.70. The van der Waals surface area contributed by atoms with Gasteiger partial charge < -0.3 is 14.8 Å². The summed E-state index contributed by atoms with van der Waals surface area (Å²) >= 11 is 0. The van der Waals surface area contributed by atoms with Crippen LogP contribution in [0.25, 0.3) is 0 Å². The highest BCUT2D eigenvalue weighted by Crippen LogP contribution is 2.15. The second kappa shape index (κ2) is 5.63. The zero-order valence-electron chi connectivity index (χ0n) is 10.1. The molecule has 1 aliphatic heterocycles. The number of amides is 1. The number of ether oxygens (including phenoxy) is 2. The molecule has 2 rings (SSSR count). The lowest BCUT2D eigenvalue weighted by Gasteiger charge is -2.06. The second-order valence-electron chi connectivity index (χ2n) is 4.05. The molecule has 1 amide bonds. The van der Waals surface area contributed by atoms with E-state index >= 15 is 0 Å². The number of hydrogen-bond acceptors (Lipinski definition) is 5. The molecule has 7 heteroatoms. The van der Waals surface area contributed by atoms with Gasteiger partial charge in [-0.05, 0) is 6.42 Å². The van der Waals surface area contributed by atoms with E-state index in [0.717, 1.165) is 6.42 Å². The molecule has 0 saturated carbocycles. The maximum atomic E-state index is 11.8. The fourth-order valence-corrected chi connectivity index (χ4v) is 1.70. The molecule has 1 unspecified atom stereocenters. The van der Waals surface area contributed by atoms with Gasteiger partial charge in [0.15, 0.2) is 0 Å². The summed E-state index contributed by atoms with van der Waals surface area (Å²) in [6.07, 6.45) is 3.82. The molecule has 0 bridgehead atoms. The number of esters is 1. The standard InChI is InChI=1S/C11H15N3O4/c1-17-10(15)6-14-5-9(4-12-14)13-11(16)8-2-3-18-7-8/h4-5,8H,2-3,6-7H2,1H3,(H,13,16). The number of nitrogens with one attached hydrogen (secondary N) is 1. The summed E-state index contributed by atoms with van der Waals surface area (Å²) in [4.78, 5) is 22.8. The van der Waals surface area contributed by atoms with E-state index in [0.29, 0.717) is 18.9 Å². The molecule has 18 heavy (non-hydrogen) atoms. The van der Waals surface area contributed by atoms with Gasteiger partial charge in [-0.15, -0.1) is 0 Å². The van der Waals surface area contributed by atoms with E-state index in [1.165, 1.54) is 18.0 Å². The van der Waals surface area contributed by atoms with Crippen LogP contribution in [0, 0.1) is 5.92 Å². The third-order valence-electron chi connectivity index (χ3n) is 2.72. The Kier molecular flexibility index (Phi) is 3.93. The van der Waals surface area contributed by atoms with E-state index in [9.17, 15) is 9.59 Å². The van der Waals surface area contributed by atoms with Gasteiger partial charge in [-0.2, -0.15) is 5.10 Å². The molecule has 1 saturated heterocycles. The molecule has 1 N–H and O–H groups in total. The van der Waals surface area contributed by atoms with Crippen LogP contribution in [0.5, 0.6) is 0 Å². The first-order valence-corrected chi connectivity index (χ1v) is 5.67. The number of rotatable bonds is 4. The van der Waals surface area contributed by atoms with Gasteiger partial charge >= 0.3 is 5.97 Å². The summed E-state index contributed by atoms with van der Waals surface area (Å²) in [5.74, 6) is -0.570. The Morgan fingerprint density at radius 3 is 3.17 bits per heavy atom. The normalized spacial score (nSPS) is 18.6. The van der Waals surface area contributed by atoms with Crippen LogP contribution in [0.3, 0.4) is 0 Å². The lowest BCUT2D eigenvalue weighted by molar-refractivity contribution is -0.141. The van der Waals surface area contributed by atoms with Crippen LogP contribution in [-0.2, 0) is 25.6 Å². The van der Waals surface area contributed by atoms with Crippen molar-refractivity contribution in [3.63, 3.8) is 0 Å². The van der Waals surface area contributed by atoms with E-state index in [1.54, 1.807) is 6.20 Å². The topological polar surface area (TPSA) is 82.5 Å². The zero-order valence-corrected chi connectivity index (χ0v) is 10.1. The number of nitrogens with zero attached hydrogens (tertiary/aromatic N) is 2. The SMILES string of the molecule is COC(=O)Cn1cc(NC(=O)C2CCOC2)cn1. The second-order valence-corrected chi connectivity index (χ2v) is 4.05. The van der Waals surface area contributed by atoms with Crippen molar-refractivity contribution in [2.75, 3.05) is 25.6 Å². The summed E-state index contributed by atoms with van der Waals surface area (Å²) in [6.45, 7) is 1.11. The van der Waals surface area contributed by atoms with Gasteiger partial charge in [0.1, 0.15) is 6.54 Å². The van der Waals surface area contributed by atoms with Gasteiger partial charge in [0.25, 0.3) is 0 Å². The quantitative estimate of drug-likeness (QED) is 0.765. The van der Waals surface area contributed by atoms with Crippen molar-refractivity contribution in [1.29, 1.82) is 0 Å².